The molecular weight excluding hydrogens is 384 g/mol. The van der Waals surface area contributed by atoms with E-state index in [0.29, 0.717) is 17.4 Å². The van der Waals surface area contributed by atoms with Crippen molar-refractivity contribution in [3.63, 3.8) is 0 Å². The number of rotatable bonds is 5. The molecule has 3 rings (SSSR count). The summed E-state index contributed by atoms with van der Waals surface area (Å²) in [6.45, 7) is 3.77. The largest absolute Gasteiger partial charge is 0.353 e. The van der Waals surface area contributed by atoms with E-state index < -0.39 is 15.1 Å². The maximum atomic E-state index is 12.9. The Balaban J connectivity index is 1.65. The Morgan fingerprint density at radius 3 is 2.70 bits per heavy atom. The number of anilines is 1. The lowest BCUT2D eigenvalue weighted by Crippen LogP contribution is -2.39. The van der Waals surface area contributed by atoms with E-state index in [2.05, 4.69) is 17.6 Å². The van der Waals surface area contributed by atoms with Crippen molar-refractivity contribution in [2.24, 2.45) is 5.92 Å². The molecule has 2 amide bonds. The molecule has 0 saturated heterocycles. The van der Waals surface area contributed by atoms with Crippen LogP contribution in [0, 0.1) is 5.92 Å². The van der Waals surface area contributed by atoms with Crippen LogP contribution in [0.15, 0.2) is 28.0 Å². The van der Waals surface area contributed by atoms with Gasteiger partial charge in [-0.1, -0.05) is 6.92 Å². The highest BCUT2D eigenvalue weighted by Gasteiger charge is 2.28. The van der Waals surface area contributed by atoms with Gasteiger partial charge in [-0.25, -0.2) is 8.42 Å². The van der Waals surface area contributed by atoms with Gasteiger partial charge in [0, 0.05) is 17.4 Å². The van der Waals surface area contributed by atoms with E-state index in [-0.39, 0.29) is 29.2 Å². The van der Waals surface area contributed by atoms with Gasteiger partial charge in [0.1, 0.15) is 0 Å². The van der Waals surface area contributed by atoms with Crippen LogP contribution < -0.4 is 10.6 Å². The average Bonchev–Trinajstić information content (AvgIpc) is 2.62. The standard InChI is InChI=1S/C19H26N2O4S2/c1-12-3-5-14(6-4-12)20-18(22)9-13(2)27(24,25)15-7-8-17-16(10-15)21-19(23)11-26-17/h7-8,10,12-14H,3-6,9,11H2,1-2H3,(H,20,22)(H,21,23). The summed E-state index contributed by atoms with van der Waals surface area (Å²) < 4.78 is 25.7. The Kier molecular flexibility index (Phi) is 6.15. The minimum absolute atomic E-state index is 0.0629. The molecular formula is C19H26N2O4S2. The molecule has 1 aliphatic carbocycles. The van der Waals surface area contributed by atoms with Crippen LogP contribution in [0.5, 0.6) is 0 Å². The van der Waals surface area contributed by atoms with Gasteiger partial charge in [0.05, 0.1) is 21.6 Å². The number of benzene rings is 1. The zero-order valence-corrected chi connectivity index (χ0v) is 17.3. The summed E-state index contributed by atoms with van der Waals surface area (Å²) in [6, 6.07) is 4.91. The number of carbonyl (C=O) groups excluding carboxylic acids is 2. The summed E-state index contributed by atoms with van der Waals surface area (Å²) in [5, 5.41) is 4.86. The third-order valence-corrected chi connectivity index (χ3v) is 8.51. The van der Waals surface area contributed by atoms with Crippen molar-refractivity contribution < 1.29 is 18.0 Å². The van der Waals surface area contributed by atoms with Crippen LogP contribution in [-0.2, 0) is 19.4 Å². The molecule has 8 heteroatoms. The van der Waals surface area contributed by atoms with Crippen LogP contribution in [0.3, 0.4) is 0 Å². The van der Waals surface area contributed by atoms with E-state index in [9.17, 15) is 18.0 Å². The van der Waals surface area contributed by atoms with E-state index in [4.69, 9.17) is 0 Å². The van der Waals surface area contributed by atoms with Gasteiger partial charge in [-0.2, -0.15) is 0 Å². The van der Waals surface area contributed by atoms with Crippen molar-refractivity contribution in [1.29, 1.82) is 0 Å². The van der Waals surface area contributed by atoms with Crippen molar-refractivity contribution in [3.8, 4) is 0 Å². The van der Waals surface area contributed by atoms with Crippen LogP contribution in [0.4, 0.5) is 5.69 Å². The Morgan fingerprint density at radius 1 is 1.30 bits per heavy atom. The second kappa shape index (κ2) is 8.22. The van der Waals surface area contributed by atoms with Crippen LogP contribution in [0.1, 0.15) is 46.0 Å². The normalized spacial score (nSPS) is 23.9. The van der Waals surface area contributed by atoms with Crippen molar-refractivity contribution in [1.82, 2.24) is 5.32 Å². The summed E-state index contributed by atoms with van der Waals surface area (Å²) in [5.74, 6) is 0.666. The van der Waals surface area contributed by atoms with Crippen LogP contribution >= 0.6 is 11.8 Å². The quantitative estimate of drug-likeness (QED) is 0.779. The van der Waals surface area contributed by atoms with E-state index in [1.807, 2.05) is 0 Å². The summed E-state index contributed by atoms with van der Waals surface area (Å²) in [7, 11) is -3.66. The molecule has 0 aromatic heterocycles. The molecule has 0 spiro atoms. The first-order chi connectivity index (χ1) is 12.8. The summed E-state index contributed by atoms with van der Waals surface area (Å²) in [4.78, 5) is 24.8. The van der Waals surface area contributed by atoms with Crippen LogP contribution in [-0.4, -0.2) is 37.3 Å². The first kappa shape index (κ1) is 20.2. The van der Waals surface area contributed by atoms with Gasteiger partial charge in [0.15, 0.2) is 9.84 Å². The fourth-order valence-corrected chi connectivity index (χ4v) is 5.70. The Labute approximate surface area is 164 Å². The Morgan fingerprint density at radius 2 is 2.00 bits per heavy atom. The van der Waals surface area contributed by atoms with E-state index in [1.54, 1.807) is 19.1 Å². The first-order valence-electron chi connectivity index (χ1n) is 9.35. The summed E-state index contributed by atoms with van der Waals surface area (Å²) >= 11 is 1.38. The van der Waals surface area contributed by atoms with Crippen molar-refractivity contribution in [2.45, 2.75) is 67.0 Å². The monoisotopic (exact) mass is 410 g/mol. The van der Waals surface area contributed by atoms with Crippen molar-refractivity contribution >= 4 is 39.1 Å². The Hall–Kier alpha value is -1.54. The maximum absolute atomic E-state index is 12.9. The van der Waals surface area contributed by atoms with E-state index >= 15 is 0 Å². The van der Waals surface area contributed by atoms with E-state index in [1.165, 1.54) is 17.8 Å². The molecule has 1 fully saturated rings. The zero-order valence-electron chi connectivity index (χ0n) is 15.7. The summed E-state index contributed by atoms with van der Waals surface area (Å²) in [6.07, 6.45) is 4.04. The first-order valence-corrected chi connectivity index (χ1v) is 11.9. The topological polar surface area (TPSA) is 92.3 Å². The molecule has 1 unspecified atom stereocenters. The van der Waals surface area contributed by atoms with Gasteiger partial charge in [0.2, 0.25) is 11.8 Å². The summed E-state index contributed by atoms with van der Waals surface area (Å²) in [5.41, 5.74) is 0.519. The number of carbonyl (C=O) groups is 2. The lowest BCUT2D eigenvalue weighted by atomic mass is 9.87. The molecule has 1 aromatic rings. The lowest BCUT2D eigenvalue weighted by Gasteiger charge is -2.27. The highest BCUT2D eigenvalue weighted by Crippen LogP contribution is 2.34. The predicted molar refractivity (Wildman–Crippen MR) is 107 cm³/mol. The SMILES string of the molecule is CC1CCC(NC(=O)CC(C)S(=O)(=O)c2ccc3c(c2)NC(=O)CS3)CC1. The molecule has 6 nitrogen and oxygen atoms in total. The molecule has 1 aromatic carbocycles. The van der Waals surface area contributed by atoms with Crippen LogP contribution in [0.25, 0.3) is 0 Å². The van der Waals surface area contributed by atoms with Gasteiger partial charge in [-0.3, -0.25) is 9.59 Å². The molecule has 148 valence electrons. The maximum Gasteiger partial charge on any atom is 0.234 e. The molecule has 2 N–H and O–H groups in total. The van der Waals surface area contributed by atoms with Crippen molar-refractivity contribution in [3.05, 3.63) is 18.2 Å². The van der Waals surface area contributed by atoms with Gasteiger partial charge in [-0.15, -0.1) is 11.8 Å². The van der Waals surface area contributed by atoms with Crippen molar-refractivity contribution in [2.75, 3.05) is 11.1 Å². The number of sulfone groups is 1. The predicted octanol–water partition coefficient (Wildman–Crippen LogP) is 2.98. The second-order valence-electron chi connectivity index (χ2n) is 7.58. The molecule has 0 bridgehead atoms. The minimum Gasteiger partial charge on any atom is -0.353 e. The highest BCUT2D eigenvalue weighted by atomic mass is 32.2. The Bertz CT molecular complexity index is 830. The van der Waals surface area contributed by atoms with Gasteiger partial charge in [-0.05, 0) is 56.7 Å². The third kappa shape index (κ3) is 4.85. The zero-order chi connectivity index (χ0) is 19.6. The highest BCUT2D eigenvalue weighted by molar-refractivity contribution is 8.00. The number of thioether (sulfide) groups is 1. The molecule has 1 saturated carbocycles. The molecule has 0 radical (unpaired) electrons. The van der Waals surface area contributed by atoms with E-state index in [0.717, 1.165) is 30.6 Å². The fraction of sp³-hybridized carbons (Fsp3) is 0.579. The fourth-order valence-electron chi connectivity index (χ4n) is 3.53. The number of fused-ring (bicyclic) bond motifs is 1. The second-order valence-corrected chi connectivity index (χ2v) is 11.0. The molecule has 1 atom stereocenters. The number of hydrogen-bond acceptors (Lipinski definition) is 5. The molecule has 2 aliphatic rings. The number of amides is 2. The molecule has 27 heavy (non-hydrogen) atoms. The number of nitrogens with one attached hydrogen (secondary N) is 2. The minimum atomic E-state index is -3.66. The van der Waals surface area contributed by atoms with Gasteiger partial charge in [0.25, 0.3) is 0 Å². The number of hydrogen-bond donors (Lipinski definition) is 2. The third-order valence-electron chi connectivity index (χ3n) is 5.30. The van der Waals surface area contributed by atoms with Gasteiger partial charge < -0.3 is 10.6 Å². The van der Waals surface area contributed by atoms with Crippen LogP contribution in [0.2, 0.25) is 0 Å². The van der Waals surface area contributed by atoms with Gasteiger partial charge >= 0.3 is 0 Å². The molecule has 1 aliphatic heterocycles. The average molecular weight is 411 g/mol. The molecule has 1 heterocycles. The lowest BCUT2D eigenvalue weighted by molar-refractivity contribution is -0.122. The smallest absolute Gasteiger partial charge is 0.234 e.